The third kappa shape index (κ3) is 1.79. The van der Waals surface area contributed by atoms with Crippen molar-refractivity contribution in [2.45, 2.75) is 18.2 Å². The fourth-order valence-corrected chi connectivity index (χ4v) is 2.47. The van der Waals surface area contributed by atoms with Gasteiger partial charge in [-0.3, -0.25) is 4.79 Å². The highest BCUT2D eigenvalue weighted by molar-refractivity contribution is 6.22. The molecule has 2 unspecified atom stereocenters. The maximum atomic E-state index is 12.2. The lowest BCUT2D eigenvalue weighted by Crippen LogP contribution is -2.29. The molecule has 0 radical (unpaired) electrons. The minimum atomic E-state index is -1.16. The highest BCUT2D eigenvalue weighted by atomic mass is 35.5. The van der Waals surface area contributed by atoms with Crippen molar-refractivity contribution in [3.05, 3.63) is 35.4 Å². The van der Waals surface area contributed by atoms with Crippen LogP contribution >= 0.6 is 11.6 Å². The lowest BCUT2D eigenvalue weighted by molar-refractivity contribution is 0.0875. The predicted molar refractivity (Wildman–Crippen MR) is 62.4 cm³/mol. The Morgan fingerprint density at radius 1 is 1.41 bits per heavy atom. The summed E-state index contributed by atoms with van der Waals surface area (Å²) in [5.41, 5.74) is 0.281. The fourth-order valence-electron chi connectivity index (χ4n) is 2.21. The van der Waals surface area contributed by atoms with Crippen LogP contribution in [0.1, 0.15) is 22.3 Å². The molecule has 1 aliphatic carbocycles. The largest absolute Gasteiger partial charge is 0.292 e. The molecule has 0 saturated carbocycles. The van der Waals surface area contributed by atoms with E-state index >= 15 is 0 Å². The van der Waals surface area contributed by atoms with Gasteiger partial charge in [0.2, 0.25) is 0 Å². The zero-order valence-corrected chi connectivity index (χ0v) is 9.74. The van der Waals surface area contributed by atoms with Crippen molar-refractivity contribution in [2.24, 2.45) is 5.41 Å². The van der Waals surface area contributed by atoms with E-state index in [1.54, 1.807) is 12.1 Å². The highest BCUT2D eigenvalue weighted by Gasteiger charge is 2.46. The molecule has 3 nitrogen and oxygen atoms in total. The molecule has 0 aliphatic heterocycles. The van der Waals surface area contributed by atoms with E-state index in [2.05, 4.69) is 6.07 Å². The number of Topliss-reactive ketones (excluding diaryl/α,β-unsaturated/α-hetero) is 1. The van der Waals surface area contributed by atoms with Crippen molar-refractivity contribution in [1.29, 1.82) is 10.5 Å². The van der Waals surface area contributed by atoms with Crippen molar-refractivity contribution >= 4 is 17.4 Å². The Morgan fingerprint density at radius 3 is 2.71 bits per heavy atom. The van der Waals surface area contributed by atoms with Crippen molar-refractivity contribution in [2.75, 3.05) is 0 Å². The van der Waals surface area contributed by atoms with Gasteiger partial charge in [0.05, 0.1) is 12.1 Å². The second-order valence-corrected chi connectivity index (χ2v) is 4.68. The smallest absolute Gasteiger partial charge is 0.183 e. The molecule has 4 heteroatoms. The van der Waals surface area contributed by atoms with Crippen molar-refractivity contribution < 1.29 is 4.79 Å². The Balaban J connectivity index is 2.40. The van der Waals surface area contributed by atoms with Crippen molar-refractivity contribution in [1.82, 2.24) is 0 Å². The number of benzene rings is 1. The zero-order valence-electron chi connectivity index (χ0n) is 8.98. The second kappa shape index (κ2) is 4.20. The molecule has 1 aromatic rings. The molecule has 2 rings (SSSR count). The van der Waals surface area contributed by atoms with Gasteiger partial charge in [0.25, 0.3) is 0 Å². The normalized spacial score (nSPS) is 23.6. The molecule has 0 N–H and O–H groups in total. The van der Waals surface area contributed by atoms with Crippen LogP contribution in [-0.2, 0) is 6.42 Å². The average Bonchev–Trinajstić information content (AvgIpc) is 2.64. The topological polar surface area (TPSA) is 64.7 Å². The lowest BCUT2D eigenvalue weighted by atomic mass is 9.81. The summed E-state index contributed by atoms with van der Waals surface area (Å²) in [4.78, 5) is 12.2. The molecule has 2 atom stereocenters. The van der Waals surface area contributed by atoms with Crippen LogP contribution in [0.2, 0.25) is 0 Å². The SMILES string of the molecule is N#CC(Cl)CC1(C#N)Cc2ccccc2C1=O. The maximum Gasteiger partial charge on any atom is 0.183 e. The summed E-state index contributed by atoms with van der Waals surface area (Å²) in [6, 6.07) is 11.1. The number of nitrogens with zero attached hydrogens (tertiary/aromatic N) is 2. The van der Waals surface area contributed by atoms with E-state index in [0.29, 0.717) is 12.0 Å². The number of ketones is 1. The molecule has 84 valence electrons. The number of nitriles is 2. The van der Waals surface area contributed by atoms with Gasteiger partial charge in [-0.2, -0.15) is 10.5 Å². The summed E-state index contributed by atoms with van der Waals surface area (Å²) >= 11 is 5.76. The lowest BCUT2D eigenvalue weighted by Gasteiger charge is -2.18. The Hall–Kier alpha value is -1.84. The first-order valence-electron chi connectivity index (χ1n) is 5.20. The first-order chi connectivity index (χ1) is 8.13. The number of carbonyl (C=O) groups is 1. The Bertz CT molecular complexity index is 555. The third-order valence-electron chi connectivity index (χ3n) is 3.07. The van der Waals surface area contributed by atoms with E-state index < -0.39 is 10.8 Å². The number of hydrogen-bond acceptors (Lipinski definition) is 3. The van der Waals surface area contributed by atoms with Crippen LogP contribution < -0.4 is 0 Å². The summed E-state index contributed by atoms with van der Waals surface area (Å²) < 4.78 is 0. The van der Waals surface area contributed by atoms with Crippen LogP contribution in [0.3, 0.4) is 0 Å². The summed E-state index contributed by atoms with van der Waals surface area (Å²) in [5.74, 6) is -0.212. The molecule has 0 fully saturated rings. The summed E-state index contributed by atoms with van der Waals surface area (Å²) in [6.07, 6.45) is 0.429. The van der Waals surface area contributed by atoms with Crippen molar-refractivity contribution in [3.8, 4) is 12.1 Å². The van der Waals surface area contributed by atoms with E-state index in [4.69, 9.17) is 16.9 Å². The van der Waals surface area contributed by atoms with Crippen LogP contribution in [-0.4, -0.2) is 11.2 Å². The molecule has 17 heavy (non-hydrogen) atoms. The van der Waals surface area contributed by atoms with Crippen LogP contribution in [0.5, 0.6) is 0 Å². The van der Waals surface area contributed by atoms with Crippen LogP contribution in [0, 0.1) is 28.1 Å². The van der Waals surface area contributed by atoms with Gasteiger partial charge in [0.15, 0.2) is 5.78 Å². The molecule has 0 amide bonds. The molecule has 0 aromatic heterocycles. The Labute approximate surface area is 104 Å². The Kier molecular flexibility index (Phi) is 2.88. The first-order valence-corrected chi connectivity index (χ1v) is 5.64. The first kappa shape index (κ1) is 11.6. The third-order valence-corrected chi connectivity index (χ3v) is 3.32. The molecule has 0 heterocycles. The van der Waals surface area contributed by atoms with E-state index in [1.165, 1.54) is 0 Å². The van der Waals surface area contributed by atoms with Gasteiger partial charge < -0.3 is 0 Å². The predicted octanol–water partition coefficient (Wildman–Crippen LogP) is 2.46. The van der Waals surface area contributed by atoms with Gasteiger partial charge in [-0.25, -0.2) is 0 Å². The summed E-state index contributed by atoms with van der Waals surface area (Å²) in [6.45, 7) is 0. The number of rotatable bonds is 2. The van der Waals surface area contributed by atoms with Crippen LogP contribution in [0.25, 0.3) is 0 Å². The molecule has 0 bridgehead atoms. The highest BCUT2D eigenvalue weighted by Crippen LogP contribution is 2.40. The van der Waals surface area contributed by atoms with Gasteiger partial charge in [0, 0.05) is 12.0 Å². The summed E-state index contributed by atoms with van der Waals surface area (Å²) in [7, 11) is 0. The molecular weight excluding hydrogens is 236 g/mol. The number of alkyl halides is 1. The standard InChI is InChI=1S/C13H9ClN2O/c14-10(7-15)6-13(8-16)5-9-3-1-2-4-11(9)12(13)17/h1-4,10H,5-6H2. The molecule has 0 spiro atoms. The quantitative estimate of drug-likeness (QED) is 0.751. The van der Waals surface area contributed by atoms with Gasteiger partial charge in [0.1, 0.15) is 10.8 Å². The average molecular weight is 245 g/mol. The maximum absolute atomic E-state index is 12.2. The number of hydrogen-bond donors (Lipinski definition) is 0. The van der Waals surface area contributed by atoms with Gasteiger partial charge in [-0.1, -0.05) is 24.3 Å². The molecule has 0 saturated heterocycles. The second-order valence-electron chi connectivity index (χ2n) is 4.16. The minimum Gasteiger partial charge on any atom is -0.292 e. The molecular formula is C13H9ClN2O. The van der Waals surface area contributed by atoms with E-state index in [1.807, 2.05) is 18.2 Å². The minimum absolute atomic E-state index is 0.0784. The van der Waals surface area contributed by atoms with Gasteiger partial charge in [-0.15, -0.1) is 11.6 Å². The van der Waals surface area contributed by atoms with Gasteiger partial charge in [-0.05, 0) is 12.0 Å². The van der Waals surface area contributed by atoms with E-state index in [-0.39, 0.29) is 12.2 Å². The Morgan fingerprint density at radius 2 is 2.12 bits per heavy atom. The summed E-state index contributed by atoms with van der Waals surface area (Å²) in [5, 5.41) is 17.2. The fraction of sp³-hybridized carbons (Fsp3) is 0.308. The number of carbonyl (C=O) groups excluding carboxylic acids is 1. The zero-order chi connectivity index (χ0) is 12.5. The van der Waals surface area contributed by atoms with Crippen LogP contribution in [0.4, 0.5) is 0 Å². The monoisotopic (exact) mass is 244 g/mol. The van der Waals surface area contributed by atoms with Crippen molar-refractivity contribution in [3.63, 3.8) is 0 Å². The molecule has 1 aliphatic rings. The van der Waals surface area contributed by atoms with E-state index in [9.17, 15) is 10.1 Å². The number of halogens is 1. The van der Waals surface area contributed by atoms with Crippen LogP contribution in [0.15, 0.2) is 24.3 Å². The van der Waals surface area contributed by atoms with Gasteiger partial charge >= 0.3 is 0 Å². The molecule has 1 aromatic carbocycles. The van der Waals surface area contributed by atoms with E-state index in [0.717, 1.165) is 5.56 Å². The number of fused-ring (bicyclic) bond motifs is 1.